The maximum absolute atomic E-state index is 13.4. The molecule has 0 bridgehead atoms. The first kappa shape index (κ1) is 9.06. The molecule has 72 valence electrons. The van der Waals surface area contributed by atoms with E-state index in [0.717, 1.165) is 18.2 Å². The highest BCUT2D eigenvalue weighted by atomic mass is 19.1. The monoisotopic (exact) mass is 196 g/mol. The molecule has 0 unspecified atom stereocenters. The van der Waals surface area contributed by atoms with Gasteiger partial charge >= 0.3 is 0 Å². The summed E-state index contributed by atoms with van der Waals surface area (Å²) in [5.74, 6) is -1.78. The van der Waals surface area contributed by atoms with E-state index in [1.54, 1.807) is 0 Å². The highest BCUT2D eigenvalue weighted by molar-refractivity contribution is 5.84. The normalized spacial score (nSPS) is 10.9. The van der Waals surface area contributed by atoms with Gasteiger partial charge in [-0.25, -0.2) is 13.2 Å². The Labute approximate surface area is 79.0 Å². The van der Waals surface area contributed by atoms with Crippen LogP contribution in [0.1, 0.15) is 5.56 Å². The summed E-state index contributed by atoms with van der Waals surface area (Å²) in [5.41, 5.74) is -0.0379. The minimum absolute atomic E-state index is 0.0379. The molecule has 0 aliphatic carbocycles. The van der Waals surface area contributed by atoms with Crippen molar-refractivity contribution in [2.24, 2.45) is 0 Å². The number of hydrogen-bond acceptors (Lipinski definition) is 0. The Morgan fingerprint density at radius 2 is 1.71 bits per heavy atom. The number of benzene rings is 2. The quantitative estimate of drug-likeness (QED) is 0.604. The van der Waals surface area contributed by atoms with Crippen LogP contribution in [-0.4, -0.2) is 0 Å². The molecular weight excluding hydrogens is 189 g/mol. The fourth-order valence-corrected chi connectivity index (χ4v) is 1.40. The van der Waals surface area contributed by atoms with E-state index in [-0.39, 0.29) is 16.3 Å². The molecule has 3 heteroatoms. The van der Waals surface area contributed by atoms with Crippen molar-refractivity contribution in [2.45, 2.75) is 6.92 Å². The van der Waals surface area contributed by atoms with Gasteiger partial charge in [-0.3, -0.25) is 0 Å². The van der Waals surface area contributed by atoms with Gasteiger partial charge in [-0.2, -0.15) is 0 Å². The zero-order chi connectivity index (χ0) is 10.3. The summed E-state index contributed by atoms with van der Waals surface area (Å²) in [6.45, 7) is 1.35. The number of fused-ring (bicyclic) bond motifs is 1. The van der Waals surface area contributed by atoms with E-state index in [1.165, 1.54) is 13.0 Å². The van der Waals surface area contributed by atoms with Crippen molar-refractivity contribution in [3.8, 4) is 0 Å². The van der Waals surface area contributed by atoms with Crippen LogP contribution in [0.3, 0.4) is 0 Å². The number of rotatable bonds is 0. The van der Waals surface area contributed by atoms with E-state index in [2.05, 4.69) is 0 Å². The molecule has 0 fully saturated rings. The van der Waals surface area contributed by atoms with Crippen molar-refractivity contribution in [1.82, 2.24) is 0 Å². The summed E-state index contributed by atoms with van der Waals surface area (Å²) >= 11 is 0. The highest BCUT2D eigenvalue weighted by Gasteiger charge is 2.09. The first-order valence-electron chi connectivity index (χ1n) is 4.13. The highest BCUT2D eigenvalue weighted by Crippen LogP contribution is 2.23. The van der Waals surface area contributed by atoms with E-state index in [4.69, 9.17) is 0 Å². The van der Waals surface area contributed by atoms with Crippen molar-refractivity contribution >= 4 is 10.8 Å². The van der Waals surface area contributed by atoms with Crippen molar-refractivity contribution in [2.75, 3.05) is 0 Å². The third-order valence-electron chi connectivity index (χ3n) is 2.22. The number of halogens is 3. The second-order valence-electron chi connectivity index (χ2n) is 3.16. The molecule has 0 saturated carbocycles. The predicted octanol–water partition coefficient (Wildman–Crippen LogP) is 3.57. The smallest absolute Gasteiger partial charge is 0.136 e. The van der Waals surface area contributed by atoms with E-state index < -0.39 is 17.5 Å². The third-order valence-corrected chi connectivity index (χ3v) is 2.22. The molecule has 0 aromatic heterocycles. The van der Waals surface area contributed by atoms with Crippen molar-refractivity contribution in [3.63, 3.8) is 0 Å². The van der Waals surface area contributed by atoms with E-state index >= 15 is 0 Å². The zero-order valence-electron chi connectivity index (χ0n) is 7.44. The van der Waals surface area contributed by atoms with Crippen LogP contribution in [0.2, 0.25) is 0 Å². The van der Waals surface area contributed by atoms with Crippen LogP contribution < -0.4 is 0 Å². The maximum atomic E-state index is 13.4. The fourth-order valence-electron chi connectivity index (χ4n) is 1.40. The maximum Gasteiger partial charge on any atom is 0.136 e. The molecule has 0 radical (unpaired) electrons. The van der Waals surface area contributed by atoms with Gasteiger partial charge in [0, 0.05) is 10.9 Å². The van der Waals surface area contributed by atoms with Gasteiger partial charge in [-0.05, 0) is 36.6 Å². The van der Waals surface area contributed by atoms with Crippen LogP contribution in [0.5, 0.6) is 0 Å². The SMILES string of the molecule is Cc1c(F)cc2cc(F)ccc2c1F. The fraction of sp³-hybridized carbons (Fsp3) is 0.0909. The Kier molecular flexibility index (Phi) is 1.95. The first-order valence-corrected chi connectivity index (χ1v) is 4.13. The summed E-state index contributed by atoms with van der Waals surface area (Å²) in [6, 6.07) is 4.72. The van der Waals surface area contributed by atoms with Gasteiger partial charge in [0.15, 0.2) is 0 Å². The summed E-state index contributed by atoms with van der Waals surface area (Å²) in [7, 11) is 0. The van der Waals surface area contributed by atoms with Gasteiger partial charge in [-0.15, -0.1) is 0 Å². The molecule has 0 saturated heterocycles. The molecular formula is C11H7F3. The lowest BCUT2D eigenvalue weighted by Crippen LogP contribution is -1.91. The van der Waals surface area contributed by atoms with Crippen LogP contribution in [0.25, 0.3) is 10.8 Å². The Bertz CT molecular complexity index is 503. The second-order valence-corrected chi connectivity index (χ2v) is 3.16. The van der Waals surface area contributed by atoms with Crippen LogP contribution in [0.4, 0.5) is 13.2 Å². The molecule has 0 heterocycles. The summed E-state index contributed by atoms with van der Waals surface area (Å²) < 4.78 is 39.3. The Balaban J connectivity index is 2.91. The molecule has 0 aliphatic heterocycles. The van der Waals surface area contributed by atoms with Crippen molar-refractivity contribution in [3.05, 3.63) is 47.3 Å². The zero-order valence-corrected chi connectivity index (χ0v) is 7.44. The summed E-state index contributed by atoms with van der Waals surface area (Å²) in [5, 5.41) is 0.482. The molecule has 2 aromatic carbocycles. The van der Waals surface area contributed by atoms with Gasteiger partial charge in [0.2, 0.25) is 0 Å². The minimum atomic E-state index is -0.652. The molecule has 2 aromatic rings. The number of hydrogen-bond donors (Lipinski definition) is 0. The minimum Gasteiger partial charge on any atom is -0.207 e. The molecule has 14 heavy (non-hydrogen) atoms. The molecule has 0 atom stereocenters. The third kappa shape index (κ3) is 1.25. The largest absolute Gasteiger partial charge is 0.207 e. The van der Waals surface area contributed by atoms with Gasteiger partial charge in [0.05, 0.1) is 0 Å². The standard InChI is InChI=1S/C11H7F3/c1-6-10(13)5-7-4-8(12)2-3-9(7)11(6)14/h2-5H,1H3. The van der Waals surface area contributed by atoms with Gasteiger partial charge < -0.3 is 0 Å². The summed E-state index contributed by atoms with van der Waals surface area (Å²) in [6.07, 6.45) is 0. The molecule has 0 spiro atoms. The van der Waals surface area contributed by atoms with E-state index in [0.29, 0.717) is 0 Å². The lowest BCUT2D eigenvalue weighted by atomic mass is 10.1. The van der Waals surface area contributed by atoms with Gasteiger partial charge in [0.1, 0.15) is 17.5 Å². The molecule has 0 nitrogen and oxygen atoms in total. The lowest BCUT2D eigenvalue weighted by molar-refractivity contribution is 0.576. The average Bonchev–Trinajstić information content (AvgIpc) is 2.14. The van der Waals surface area contributed by atoms with E-state index in [1.807, 2.05) is 0 Å². The van der Waals surface area contributed by atoms with Gasteiger partial charge in [0.25, 0.3) is 0 Å². The van der Waals surface area contributed by atoms with Crippen molar-refractivity contribution in [1.29, 1.82) is 0 Å². The Morgan fingerprint density at radius 1 is 1.00 bits per heavy atom. The lowest BCUT2D eigenvalue weighted by Gasteiger charge is -2.03. The van der Waals surface area contributed by atoms with Crippen LogP contribution in [0, 0.1) is 24.4 Å². The Hall–Kier alpha value is -1.51. The Morgan fingerprint density at radius 3 is 2.43 bits per heavy atom. The molecule has 2 rings (SSSR count). The topological polar surface area (TPSA) is 0 Å². The van der Waals surface area contributed by atoms with E-state index in [9.17, 15) is 13.2 Å². The summed E-state index contributed by atoms with van der Waals surface area (Å²) in [4.78, 5) is 0. The molecule has 0 aliphatic rings. The van der Waals surface area contributed by atoms with Crippen LogP contribution in [0.15, 0.2) is 24.3 Å². The molecule has 0 amide bonds. The molecule has 0 N–H and O–H groups in total. The van der Waals surface area contributed by atoms with Crippen molar-refractivity contribution < 1.29 is 13.2 Å². The first-order chi connectivity index (χ1) is 6.59. The predicted molar refractivity (Wildman–Crippen MR) is 48.6 cm³/mol. The average molecular weight is 196 g/mol. The second kappa shape index (κ2) is 3.01. The van der Waals surface area contributed by atoms with Gasteiger partial charge in [-0.1, -0.05) is 0 Å². The van der Waals surface area contributed by atoms with Crippen LogP contribution in [-0.2, 0) is 0 Å². The van der Waals surface area contributed by atoms with Crippen LogP contribution >= 0.6 is 0 Å².